The first-order valence-electron chi connectivity index (χ1n) is 11.2. The summed E-state index contributed by atoms with van der Waals surface area (Å²) in [6.07, 6.45) is -5.13. The van der Waals surface area contributed by atoms with E-state index in [2.05, 4.69) is 15.5 Å². The van der Waals surface area contributed by atoms with Gasteiger partial charge in [-0.05, 0) is 37.1 Å². The molecular weight excluding hydrogens is 558 g/mol. The predicted octanol–water partition coefficient (Wildman–Crippen LogP) is 4.05. The van der Waals surface area contributed by atoms with Crippen molar-refractivity contribution in [3.63, 3.8) is 0 Å². The average molecular weight is 585 g/mol. The van der Waals surface area contributed by atoms with Gasteiger partial charge in [0.15, 0.2) is 0 Å². The van der Waals surface area contributed by atoms with Crippen LogP contribution >= 0.6 is 27.0 Å². The third kappa shape index (κ3) is 6.19. The molecular formula is C23H26F6N4O3S2. The molecule has 15 heteroatoms. The minimum atomic E-state index is -4.92. The fraction of sp³-hybridized carbons (Fsp3) is 0.522. The highest BCUT2D eigenvalue weighted by Gasteiger charge is 2.60. The second-order valence-corrected chi connectivity index (χ2v) is 9.35. The second-order valence-electron chi connectivity index (χ2n) is 9.35. The van der Waals surface area contributed by atoms with Gasteiger partial charge in [0.1, 0.15) is 11.6 Å². The Morgan fingerprint density at radius 3 is 2.37 bits per heavy atom. The number of carbonyl (C=O) groups is 3. The van der Waals surface area contributed by atoms with Gasteiger partial charge in [-0.15, -0.1) is 0 Å². The van der Waals surface area contributed by atoms with Gasteiger partial charge in [-0.25, -0.2) is 13.2 Å². The predicted molar refractivity (Wildman–Crippen MR) is 133 cm³/mol. The molecule has 2 atom stereocenters. The molecule has 0 radical (unpaired) electrons. The van der Waals surface area contributed by atoms with E-state index in [9.17, 15) is 40.7 Å². The van der Waals surface area contributed by atoms with Crippen LogP contribution in [0, 0.1) is 11.7 Å². The van der Waals surface area contributed by atoms with E-state index in [1.807, 2.05) is 0 Å². The van der Waals surface area contributed by atoms with Crippen LogP contribution in [0.4, 0.5) is 26.3 Å². The second kappa shape index (κ2) is 11.3. The van der Waals surface area contributed by atoms with E-state index in [1.54, 1.807) is 0 Å². The summed E-state index contributed by atoms with van der Waals surface area (Å²) < 4.78 is 79.8. The quantitative estimate of drug-likeness (QED) is 0.418. The summed E-state index contributed by atoms with van der Waals surface area (Å²) in [5.74, 6) is -7.85. The van der Waals surface area contributed by atoms with Gasteiger partial charge in [-0.2, -0.15) is 50.4 Å². The zero-order valence-electron chi connectivity index (χ0n) is 20.0. The Balaban J connectivity index is 0.00000253. The highest BCUT2D eigenvalue weighted by Crippen LogP contribution is 2.50. The van der Waals surface area contributed by atoms with Gasteiger partial charge in [0.05, 0.1) is 23.3 Å². The number of nitrogens with one attached hydrogen (secondary N) is 1. The van der Waals surface area contributed by atoms with Crippen molar-refractivity contribution in [1.82, 2.24) is 10.2 Å². The maximum atomic E-state index is 13.7. The zero-order valence-corrected chi connectivity index (χ0v) is 22.0. The van der Waals surface area contributed by atoms with Gasteiger partial charge in [0, 0.05) is 37.8 Å². The van der Waals surface area contributed by atoms with Gasteiger partial charge in [0.25, 0.3) is 5.92 Å². The van der Waals surface area contributed by atoms with Gasteiger partial charge in [-0.1, -0.05) is 6.07 Å². The zero-order chi connectivity index (χ0) is 26.5. The Morgan fingerprint density at radius 2 is 1.82 bits per heavy atom. The van der Waals surface area contributed by atoms with Gasteiger partial charge >= 0.3 is 18.0 Å². The fourth-order valence-electron chi connectivity index (χ4n) is 5.03. The lowest BCUT2D eigenvalue weighted by atomic mass is 9.71. The van der Waals surface area contributed by atoms with Crippen LogP contribution in [0.3, 0.4) is 0 Å². The molecule has 1 aromatic rings. The molecule has 210 valence electrons. The maximum Gasteiger partial charge on any atom is 0.419 e. The van der Waals surface area contributed by atoms with E-state index in [-0.39, 0.29) is 57.8 Å². The molecule has 0 unspecified atom stereocenters. The minimum absolute atomic E-state index is 0. The Labute approximate surface area is 228 Å². The van der Waals surface area contributed by atoms with Crippen LogP contribution in [-0.2, 0) is 27.0 Å². The fourth-order valence-corrected chi connectivity index (χ4v) is 5.03. The molecule has 1 saturated heterocycles. The molecule has 2 amide bonds. The number of Topliss-reactive ketones (excluding diaryl/α,β-unsaturated/α-hetero) is 1. The summed E-state index contributed by atoms with van der Waals surface area (Å²) in [7, 11) is 0. The number of likely N-dealkylation sites (tertiary alicyclic amines) is 1. The van der Waals surface area contributed by atoms with Crippen molar-refractivity contribution in [3.8, 4) is 0 Å². The lowest BCUT2D eigenvalue weighted by Crippen LogP contribution is -2.65. The number of halogens is 6. The number of alkyl halides is 5. The van der Waals surface area contributed by atoms with E-state index in [1.165, 1.54) is 13.0 Å². The first-order valence-corrected chi connectivity index (χ1v) is 11.2. The van der Waals surface area contributed by atoms with Gasteiger partial charge < -0.3 is 10.2 Å². The van der Waals surface area contributed by atoms with E-state index in [4.69, 9.17) is 0 Å². The first kappa shape index (κ1) is 31.7. The molecule has 1 aliphatic carbocycles. The van der Waals surface area contributed by atoms with Crippen molar-refractivity contribution in [2.75, 3.05) is 13.1 Å². The summed E-state index contributed by atoms with van der Waals surface area (Å²) >= 11 is 0. The van der Waals surface area contributed by atoms with E-state index >= 15 is 0 Å². The highest BCUT2D eigenvalue weighted by molar-refractivity contribution is 7.59. The standard InChI is InChI=1S/C23H22F6N4O3.2H2S/c1-12-14(17(34)9-13-2-3-16(24)15(8-13)23(27,28)29)5-7-33(12)20(36)19(35)31-21(10-22(25,26)11-21)18-4-6-30-32-18;;/h2-4,8,12,14H,5-7,9-11H2,1H3,(H,31,35);2*1H2/t12-,14-;;/m0../s1. The summed E-state index contributed by atoms with van der Waals surface area (Å²) in [4.78, 5) is 39.5. The number of azo groups is 1. The average Bonchev–Trinajstić information content (AvgIpc) is 3.42. The van der Waals surface area contributed by atoms with Crippen molar-refractivity contribution >= 4 is 44.6 Å². The van der Waals surface area contributed by atoms with Crippen LogP contribution in [0.1, 0.15) is 37.3 Å². The van der Waals surface area contributed by atoms with Gasteiger partial charge in [0.2, 0.25) is 0 Å². The first-order chi connectivity index (χ1) is 16.7. The number of nitrogens with zero attached hydrogens (tertiary/aromatic N) is 3. The lowest BCUT2D eigenvalue weighted by Gasteiger charge is -2.47. The molecule has 4 rings (SSSR count). The smallest absolute Gasteiger partial charge is 0.336 e. The number of hydrogen-bond acceptors (Lipinski definition) is 5. The maximum absolute atomic E-state index is 13.7. The van der Waals surface area contributed by atoms with Crippen LogP contribution in [0.2, 0.25) is 0 Å². The van der Waals surface area contributed by atoms with E-state index < -0.39 is 77.8 Å². The number of benzene rings is 1. The molecule has 1 N–H and O–H groups in total. The monoisotopic (exact) mass is 584 g/mol. The van der Waals surface area contributed by atoms with Crippen LogP contribution in [0.5, 0.6) is 0 Å². The normalized spacial score (nSPS) is 23.0. The minimum Gasteiger partial charge on any atom is -0.336 e. The van der Waals surface area contributed by atoms with Crippen LogP contribution in [0.15, 0.2) is 40.2 Å². The van der Waals surface area contributed by atoms with Crippen LogP contribution < -0.4 is 5.32 Å². The molecule has 1 aromatic carbocycles. The van der Waals surface area contributed by atoms with Crippen molar-refractivity contribution in [1.29, 1.82) is 0 Å². The third-order valence-corrected chi connectivity index (χ3v) is 6.85. The van der Waals surface area contributed by atoms with Crippen LogP contribution in [0.25, 0.3) is 0 Å². The Hall–Kier alpha value is -2.55. The van der Waals surface area contributed by atoms with Crippen LogP contribution in [-0.4, -0.2) is 53.1 Å². The molecule has 3 aliphatic rings. The molecule has 7 nitrogen and oxygen atoms in total. The summed E-state index contributed by atoms with van der Waals surface area (Å²) in [5, 5.41) is 9.88. The molecule has 1 saturated carbocycles. The molecule has 2 aliphatic heterocycles. The summed E-state index contributed by atoms with van der Waals surface area (Å²) in [6.45, 7) is 1.72. The molecule has 0 spiro atoms. The van der Waals surface area contributed by atoms with Crippen molar-refractivity contribution in [3.05, 3.63) is 46.9 Å². The SMILES string of the molecule is C[C@H]1[C@@H](C(=O)Cc2ccc(F)c(C(F)(F)F)c2)CCN1C(=O)C(=O)NC1(C2=CCN=N2)CC(F)(F)C1.S.S. The molecule has 2 heterocycles. The lowest BCUT2D eigenvalue weighted by molar-refractivity contribution is -0.154. The molecule has 0 bridgehead atoms. The molecule has 0 aromatic heterocycles. The largest absolute Gasteiger partial charge is 0.419 e. The van der Waals surface area contributed by atoms with Gasteiger partial charge in [-0.3, -0.25) is 14.4 Å². The van der Waals surface area contributed by atoms with E-state index in [0.29, 0.717) is 12.1 Å². The Bertz CT molecular complexity index is 1170. The summed E-state index contributed by atoms with van der Waals surface area (Å²) in [6, 6.07) is 1.54. The molecule has 38 heavy (non-hydrogen) atoms. The third-order valence-electron chi connectivity index (χ3n) is 6.85. The Morgan fingerprint density at radius 1 is 1.16 bits per heavy atom. The van der Waals surface area contributed by atoms with E-state index in [0.717, 1.165) is 11.0 Å². The Kier molecular flexibility index (Phi) is 9.40. The summed E-state index contributed by atoms with van der Waals surface area (Å²) in [5.41, 5.74) is -2.86. The topological polar surface area (TPSA) is 91.2 Å². The number of amides is 2. The van der Waals surface area contributed by atoms with Crippen molar-refractivity contribution in [2.45, 2.75) is 56.3 Å². The highest BCUT2D eigenvalue weighted by atomic mass is 32.1. The number of hydrogen-bond donors (Lipinski definition) is 1. The van der Waals surface area contributed by atoms with Crippen molar-refractivity contribution < 1.29 is 40.7 Å². The molecule has 2 fully saturated rings. The number of carbonyl (C=O) groups excluding carboxylic acids is 3. The van der Waals surface area contributed by atoms with Crippen molar-refractivity contribution in [2.24, 2.45) is 16.1 Å². The number of ketones is 1. The number of rotatable bonds is 5.